The number of benzene rings is 2. The third kappa shape index (κ3) is 4.51. The van der Waals surface area contributed by atoms with Gasteiger partial charge in [-0.1, -0.05) is 23.3 Å². The molecule has 0 radical (unpaired) electrons. The lowest BCUT2D eigenvalue weighted by atomic mass is 9.90. The maximum atomic E-state index is 12.6. The first kappa shape index (κ1) is 21.5. The van der Waals surface area contributed by atoms with E-state index in [2.05, 4.69) is 0 Å². The van der Waals surface area contributed by atoms with Crippen LogP contribution in [-0.4, -0.2) is 21.1 Å². The third-order valence-electron chi connectivity index (χ3n) is 5.18. The van der Waals surface area contributed by atoms with E-state index in [0.29, 0.717) is 40.8 Å². The summed E-state index contributed by atoms with van der Waals surface area (Å²) >= 11 is 0. The zero-order valence-electron chi connectivity index (χ0n) is 17.8. The summed E-state index contributed by atoms with van der Waals surface area (Å²) in [6.45, 7) is 7.87. The van der Waals surface area contributed by atoms with E-state index in [0.717, 1.165) is 11.1 Å². The van der Waals surface area contributed by atoms with Crippen LogP contribution in [-0.2, 0) is 12.8 Å². The summed E-state index contributed by atoms with van der Waals surface area (Å²) < 4.78 is 6.00. The fraction of sp³-hybridized carbons (Fsp3) is 0.320. The number of phenolic OH excluding ortho intramolecular Hbond substituents is 3. The molecule has 1 heterocycles. The fourth-order valence-electron chi connectivity index (χ4n) is 3.50. The van der Waals surface area contributed by atoms with Crippen molar-refractivity contribution in [3.05, 3.63) is 69.8 Å². The van der Waals surface area contributed by atoms with Crippen LogP contribution >= 0.6 is 0 Å². The number of aromatic hydroxyl groups is 3. The molecular weight excluding hydrogens is 380 g/mol. The average molecular weight is 408 g/mol. The van der Waals surface area contributed by atoms with Crippen LogP contribution in [0.5, 0.6) is 23.0 Å². The van der Waals surface area contributed by atoms with Gasteiger partial charge in [0.25, 0.3) is 0 Å². The van der Waals surface area contributed by atoms with E-state index in [1.54, 1.807) is 12.1 Å². The number of ketones is 1. The van der Waals surface area contributed by atoms with Crippen molar-refractivity contribution in [1.29, 1.82) is 0 Å². The Morgan fingerprint density at radius 1 is 1.00 bits per heavy atom. The van der Waals surface area contributed by atoms with Crippen molar-refractivity contribution in [1.82, 2.24) is 0 Å². The van der Waals surface area contributed by atoms with Crippen molar-refractivity contribution in [2.75, 3.05) is 0 Å². The maximum absolute atomic E-state index is 12.6. The summed E-state index contributed by atoms with van der Waals surface area (Å²) in [5.41, 5.74) is 4.14. The van der Waals surface area contributed by atoms with Gasteiger partial charge in [-0.2, -0.15) is 0 Å². The number of carbonyl (C=O) groups is 1. The molecular formula is C25H28O5. The van der Waals surface area contributed by atoms with Gasteiger partial charge >= 0.3 is 0 Å². The molecule has 0 saturated carbocycles. The summed E-state index contributed by atoms with van der Waals surface area (Å²) in [6, 6.07) is 6.11. The highest BCUT2D eigenvalue weighted by Gasteiger charge is 2.31. The predicted molar refractivity (Wildman–Crippen MR) is 116 cm³/mol. The highest BCUT2D eigenvalue weighted by Crippen LogP contribution is 2.44. The molecule has 0 unspecified atom stereocenters. The molecule has 0 spiro atoms. The molecule has 0 amide bonds. The zero-order valence-corrected chi connectivity index (χ0v) is 17.8. The Kier molecular flexibility index (Phi) is 6.20. The molecule has 2 aromatic rings. The number of allylic oxidation sites excluding steroid dienone is 4. The van der Waals surface area contributed by atoms with Crippen LogP contribution in [0.2, 0.25) is 0 Å². The Morgan fingerprint density at radius 3 is 2.33 bits per heavy atom. The van der Waals surface area contributed by atoms with E-state index >= 15 is 0 Å². The summed E-state index contributed by atoms with van der Waals surface area (Å²) in [6.07, 6.45) is 4.17. The molecule has 0 saturated heterocycles. The lowest BCUT2D eigenvalue weighted by Crippen LogP contribution is -2.21. The molecule has 30 heavy (non-hydrogen) atoms. The maximum Gasteiger partial charge on any atom is 0.170 e. The van der Waals surface area contributed by atoms with E-state index in [4.69, 9.17) is 4.74 Å². The molecule has 3 N–H and O–H groups in total. The molecule has 158 valence electrons. The van der Waals surface area contributed by atoms with Crippen LogP contribution in [0.4, 0.5) is 0 Å². The average Bonchev–Trinajstić information content (AvgIpc) is 2.66. The van der Waals surface area contributed by atoms with Crippen LogP contribution in [0, 0.1) is 0 Å². The summed E-state index contributed by atoms with van der Waals surface area (Å²) in [5, 5.41) is 31.6. The van der Waals surface area contributed by atoms with E-state index < -0.39 is 6.10 Å². The topological polar surface area (TPSA) is 87.0 Å². The van der Waals surface area contributed by atoms with Crippen LogP contribution in [0.15, 0.2) is 47.6 Å². The second kappa shape index (κ2) is 8.66. The molecule has 0 fully saturated rings. The van der Waals surface area contributed by atoms with Crippen molar-refractivity contribution in [3.8, 4) is 23.0 Å². The van der Waals surface area contributed by atoms with Crippen molar-refractivity contribution in [2.45, 2.75) is 53.1 Å². The normalized spacial score (nSPS) is 15.2. The molecule has 5 nitrogen and oxygen atoms in total. The van der Waals surface area contributed by atoms with Gasteiger partial charge in [0, 0.05) is 17.2 Å². The predicted octanol–water partition coefficient (Wildman–Crippen LogP) is 5.53. The number of hydrogen-bond acceptors (Lipinski definition) is 5. The van der Waals surface area contributed by atoms with E-state index in [9.17, 15) is 20.1 Å². The summed E-state index contributed by atoms with van der Waals surface area (Å²) in [4.78, 5) is 12.6. The lowest BCUT2D eigenvalue weighted by Gasteiger charge is -2.27. The van der Waals surface area contributed by atoms with Crippen molar-refractivity contribution in [3.63, 3.8) is 0 Å². The lowest BCUT2D eigenvalue weighted by molar-refractivity contribution is 0.0846. The zero-order chi connectivity index (χ0) is 22.0. The number of ether oxygens (including phenoxy) is 1. The minimum atomic E-state index is -0.705. The van der Waals surface area contributed by atoms with Crippen LogP contribution in [0.3, 0.4) is 0 Å². The second-order valence-electron chi connectivity index (χ2n) is 8.19. The molecule has 0 aromatic heterocycles. The van der Waals surface area contributed by atoms with E-state index in [-0.39, 0.29) is 29.5 Å². The van der Waals surface area contributed by atoms with Gasteiger partial charge in [0.1, 0.15) is 29.1 Å². The number of rotatable bonds is 5. The van der Waals surface area contributed by atoms with Crippen LogP contribution in [0.1, 0.15) is 67.3 Å². The number of fused-ring (bicyclic) bond motifs is 1. The van der Waals surface area contributed by atoms with Gasteiger partial charge in [-0.25, -0.2) is 0 Å². The third-order valence-corrected chi connectivity index (χ3v) is 5.18. The highest BCUT2D eigenvalue weighted by molar-refractivity contribution is 6.00. The largest absolute Gasteiger partial charge is 0.508 e. The van der Waals surface area contributed by atoms with Gasteiger partial charge in [0.05, 0.1) is 12.0 Å². The second-order valence-corrected chi connectivity index (χ2v) is 8.19. The fourth-order valence-corrected chi connectivity index (χ4v) is 3.50. The van der Waals surface area contributed by atoms with Gasteiger partial charge < -0.3 is 20.1 Å². The van der Waals surface area contributed by atoms with Crippen molar-refractivity contribution in [2.24, 2.45) is 0 Å². The summed E-state index contributed by atoms with van der Waals surface area (Å²) in [5.74, 6) is 0.176. The minimum Gasteiger partial charge on any atom is -0.508 e. The first-order valence-electron chi connectivity index (χ1n) is 10.0. The quantitative estimate of drug-likeness (QED) is 0.567. The Hall–Kier alpha value is -3.21. The SMILES string of the molecule is CC(C)=CCc1cc([C@@H]2CC(=O)c3ccc(O)cc3O2)c(O)c(CC=C(C)C)c1O. The molecule has 0 aliphatic carbocycles. The molecule has 1 aliphatic heterocycles. The minimum absolute atomic E-state index is 0.00521. The molecule has 3 rings (SSSR count). The van der Waals surface area contributed by atoms with Crippen molar-refractivity contribution < 1.29 is 24.9 Å². The van der Waals surface area contributed by atoms with Gasteiger partial charge in [-0.05, 0) is 64.3 Å². The smallest absolute Gasteiger partial charge is 0.170 e. The standard InChI is InChI=1S/C25H28O5/c1-14(2)5-7-16-11-20(25(29)19(24(16)28)9-6-15(3)4)23-13-21(27)18-10-8-17(26)12-22(18)30-23/h5-6,8,10-12,23,26,28-29H,7,9,13H2,1-4H3/t23-/m0/s1. The van der Waals surface area contributed by atoms with Gasteiger partial charge in [0.2, 0.25) is 0 Å². The Labute approximate surface area is 177 Å². The molecule has 0 bridgehead atoms. The number of carbonyl (C=O) groups excluding carboxylic acids is 1. The van der Waals surface area contributed by atoms with Crippen LogP contribution in [0.25, 0.3) is 0 Å². The molecule has 2 aromatic carbocycles. The van der Waals surface area contributed by atoms with Gasteiger partial charge in [-0.3, -0.25) is 4.79 Å². The number of Topliss-reactive ketones (excluding diaryl/α,β-unsaturated/α-hetero) is 1. The summed E-state index contributed by atoms with van der Waals surface area (Å²) in [7, 11) is 0. The van der Waals surface area contributed by atoms with Crippen LogP contribution < -0.4 is 4.74 Å². The number of hydrogen-bond donors (Lipinski definition) is 3. The first-order valence-corrected chi connectivity index (χ1v) is 10.0. The number of phenols is 3. The van der Waals surface area contributed by atoms with E-state index in [1.165, 1.54) is 12.1 Å². The first-order chi connectivity index (χ1) is 14.2. The molecule has 1 aliphatic rings. The Bertz CT molecular complexity index is 1040. The Morgan fingerprint density at radius 2 is 1.67 bits per heavy atom. The van der Waals surface area contributed by atoms with Gasteiger partial charge in [-0.15, -0.1) is 0 Å². The monoisotopic (exact) mass is 408 g/mol. The van der Waals surface area contributed by atoms with Crippen molar-refractivity contribution >= 4 is 5.78 Å². The Balaban J connectivity index is 2.10. The highest BCUT2D eigenvalue weighted by atomic mass is 16.5. The molecule has 1 atom stereocenters. The van der Waals surface area contributed by atoms with E-state index in [1.807, 2.05) is 39.8 Å². The van der Waals surface area contributed by atoms with Gasteiger partial charge in [0.15, 0.2) is 5.78 Å². The molecule has 5 heteroatoms.